The number of ether oxygens (including phenoxy) is 1. The number of fused-ring (bicyclic) bond motifs is 1. The Kier molecular flexibility index (Phi) is 4.54. The van der Waals surface area contributed by atoms with E-state index >= 15 is 0 Å². The molecule has 3 heterocycles. The molecule has 0 saturated heterocycles. The Balaban J connectivity index is 1.75. The predicted octanol–water partition coefficient (Wildman–Crippen LogP) is 3.96. The average Bonchev–Trinajstić information content (AvgIpc) is 3.07. The van der Waals surface area contributed by atoms with Crippen molar-refractivity contribution in [2.24, 2.45) is 0 Å². The second-order valence-electron chi connectivity index (χ2n) is 5.82. The highest BCUT2D eigenvalue weighted by Gasteiger charge is 2.20. The van der Waals surface area contributed by atoms with Crippen molar-refractivity contribution in [1.82, 2.24) is 20.3 Å². The number of methoxy groups -OCH3 is 1. The lowest BCUT2D eigenvalue weighted by atomic mass is 10.1. The molecular weight excluding hydrogens is 464 g/mol. The van der Waals surface area contributed by atoms with Crippen LogP contribution in [0.2, 0.25) is 0 Å². The first kappa shape index (κ1) is 17.2. The van der Waals surface area contributed by atoms with Crippen LogP contribution in [0.5, 0.6) is 5.75 Å². The first-order valence-electron chi connectivity index (χ1n) is 7.93. The highest BCUT2D eigenvalue weighted by atomic mass is 79.9. The molecule has 0 atom stereocenters. The normalized spacial score (nSPS) is 13.3. The van der Waals surface area contributed by atoms with E-state index in [2.05, 4.69) is 52.1 Å². The van der Waals surface area contributed by atoms with Gasteiger partial charge < -0.3 is 15.0 Å². The third-order valence-corrected chi connectivity index (χ3v) is 5.37. The van der Waals surface area contributed by atoms with E-state index in [9.17, 15) is 4.79 Å². The van der Waals surface area contributed by atoms with E-state index in [1.54, 1.807) is 13.3 Å². The molecule has 2 aromatic heterocycles. The first-order valence-corrected chi connectivity index (χ1v) is 9.52. The van der Waals surface area contributed by atoms with Crippen LogP contribution in [0.3, 0.4) is 0 Å². The molecule has 8 heteroatoms. The van der Waals surface area contributed by atoms with Gasteiger partial charge in [0.05, 0.1) is 33.0 Å². The molecule has 1 aromatic carbocycles. The first-order chi connectivity index (χ1) is 12.6. The van der Waals surface area contributed by atoms with Crippen LogP contribution in [0, 0.1) is 0 Å². The number of rotatable bonds is 3. The summed E-state index contributed by atoms with van der Waals surface area (Å²) in [5.41, 5.74) is 4.02. The largest absolute Gasteiger partial charge is 0.494 e. The van der Waals surface area contributed by atoms with Crippen molar-refractivity contribution in [1.29, 1.82) is 0 Å². The van der Waals surface area contributed by atoms with Gasteiger partial charge in [-0.25, -0.2) is 9.97 Å². The van der Waals surface area contributed by atoms with E-state index in [1.165, 1.54) is 0 Å². The van der Waals surface area contributed by atoms with Gasteiger partial charge in [-0.1, -0.05) is 0 Å². The van der Waals surface area contributed by atoms with E-state index in [4.69, 9.17) is 4.74 Å². The van der Waals surface area contributed by atoms with Crippen LogP contribution in [0.15, 0.2) is 39.4 Å². The molecule has 132 valence electrons. The molecule has 0 radical (unpaired) electrons. The SMILES string of the molecule is COc1c(Br)cc(-c2nccc(-c3cc4c([nH]3)CCNC4=O)n2)cc1Br. The number of hydrogen-bond donors (Lipinski definition) is 2. The molecule has 1 aliphatic rings. The number of carbonyl (C=O) groups is 1. The Hall–Kier alpha value is -2.19. The quantitative estimate of drug-likeness (QED) is 0.598. The summed E-state index contributed by atoms with van der Waals surface area (Å²) in [5, 5.41) is 2.85. The van der Waals surface area contributed by atoms with E-state index in [1.807, 2.05) is 24.3 Å². The topological polar surface area (TPSA) is 79.9 Å². The smallest absolute Gasteiger partial charge is 0.253 e. The minimum absolute atomic E-state index is 0.0500. The van der Waals surface area contributed by atoms with Crippen molar-refractivity contribution in [3.8, 4) is 28.5 Å². The van der Waals surface area contributed by atoms with Gasteiger partial charge in [0.1, 0.15) is 5.75 Å². The fourth-order valence-corrected chi connectivity index (χ4v) is 4.47. The summed E-state index contributed by atoms with van der Waals surface area (Å²) in [4.78, 5) is 24.3. The number of halogens is 2. The molecule has 0 fully saturated rings. The number of aromatic nitrogens is 3. The molecule has 0 bridgehead atoms. The van der Waals surface area contributed by atoms with E-state index in [0.717, 1.165) is 38.0 Å². The Labute approximate surface area is 166 Å². The van der Waals surface area contributed by atoms with Crippen molar-refractivity contribution in [2.75, 3.05) is 13.7 Å². The van der Waals surface area contributed by atoms with Crippen molar-refractivity contribution < 1.29 is 9.53 Å². The summed E-state index contributed by atoms with van der Waals surface area (Å²) in [6, 6.07) is 7.49. The van der Waals surface area contributed by atoms with E-state index in [-0.39, 0.29) is 5.91 Å². The highest BCUT2D eigenvalue weighted by molar-refractivity contribution is 9.11. The molecule has 2 N–H and O–H groups in total. The Bertz CT molecular complexity index is 993. The molecular formula is C18H14Br2N4O2. The fourth-order valence-electron chi connectivity index (χ4n) is 2.96. The van der Waals surface area contributed by atoms with Crippen LogP contribution in [-0.2, 0) is 6.42 Å². The monoisotopic (exact) mass is 476 g/mol. The van der Waals surface area contributed by atoms with Crippen LogP contribution in [-0.4, -0.2) is 34.5 Å². The minimum atomic E-state index is -0.0500. The number of benzene rings is 1. The Morgan fingerprint density at radius 1 is 1.19 bits per heavy atom. The molecule has 0 saturated carbocycles. The highest BCUT2D eigenvalue weighted by Crippen LogP contribution is 2.37. The van der Waals surface area contributed by atoms with Gasteiger partial charge in [-0.3, -0.25) is 4.79 Å². The van der Waals surface area contributed by atoms with Gasteiger partial charge in [-0.2, -0.15) is 0 Å². The van der Waals surface area contributed by atoms with Gasteiger partial charge in [-0.05, 0) is 56.1 Å². The van der Waals surface area contributed by atoms with Gasteiger partial charge in [0.2, 0.25) is 0 Å². The van der Waals surface area contributed by atoms with Crippen molar-refractivity contribution in [3.05, 3.63) is 50.7 Å². The maximum absolute atomic E-state index is 12.0. The summed E-state index contributed by atoms with van der Waals surface area (Å²) in [6.07, 6.45) is 2.50. The zero-order valence-corrected chi connectivity index (χ0v) is 16.9. The van der Waals surface area contributed by atoms with Crippen LogP contribution in [0.25, 0.3) is 22.8 Å². The number of carbonyl (C=O) groups excluding carboxylic acids is 1. The van der Waals surface area contributed by atoms with Gasteiger partial charge in [0.15, 0.2) is 5.82 Å². The Morgan fingerprint density at radius 3 is 2.65 bits per heavy atom. The number of amides is 1. The van der Waals surface area contributed by atoms with E-state index < -0.39 is 0 Å². The molecule has 0 spiro atoms. The predicted molar refractivity (Wildman–Crippen MR) is 105 cm³/mol. The zero-order chi connectivity index (χ0) is 18.3. The number of nitrogens with zero attached hydrogens (tertiary/aromatic N) is 2. The van der Waals surface area contributed by atoms with Crippen LogP contribution < -0.4 is 10.1 Å². The second kappa shape index (κ2) is 6.85. The second-order valence-corrected chi connectivity index (χ2v) is 7.53. The fraction of sp³-hybridized carbons (Fsp3) is 0.167. The van der Waals surface area contributed by atoms with Crippen LogP contribution >= 0.6 is 31.9 Å². The maximum atomic E-state index is 12.0. The van der Waals surface area contributed by atoms with Crippen molar-refractivity contribution in [3.63, 3.8) is 0 Å². The molecule has 0 aliphatic carbocycles. The summed E-state index contributed by atoms with van der Waals surface area (Å²) in [5.74, 6) is 1.25. The summed E-state index contributed by atoms with van der Waals surface area (Å²) >= 11 is 7.01. The third-order valence-electron chi connectivity index (χ3n) is 4.20. The summed E-state index contributed by atoms with van der Waals surface area (Å²) in [6.45, 7) is 0.648. The molecule has 3 aromatic rings. The molecule has 6 nitrogen and oxygen atoms in total. The third kappa shape index (κ3) is 3.03. The standard InChI is InChI=1S/C18H14Br2N4O2/c1-26-16-11(19)6-9(7-12(16)20)17-21-4-3-14(24-17)15-8-10-13(23-15)2-5-22-18(10)25/h3-4,6-8,23H,2,5H2,1H3,(H,22,25). The van der Waals surface area contributed by atoms with Gasteiger partial charge >= 0.3 is 0 Å². The molecule has 0 unspecified atom stereocenters. The number of nitrogens with one attached hydrogen (secondary N) is 2. The molecule has 1 aliphatic heterocycles. The zero-order valence-electron chi connectivity index (χ0n) is 13.8. The van der Waals surface area contributed by atoms with Gasteiger partial charge in [0.25, 0.3) is 5.91 Å². The number of H-pyrrole nitrogens is 1. The van der Waals surface area contributed by atoms with E-state index in [0.29, 0.717) is 23.7 Å². The van der Waals surface area contributed by atoms with Crippen molar-refractivity contribution >= 4 is 37.8 Å². The number of hydrogen-bond acceptors (Lipinski definition) is 4. The van der Waals surface area contributed by atoms with Crippen molar-refractivity contribution in [2.45, 2.75) is 6.42 Å². The molecule has 1 amide bonds. The number of aromatic amines is 1. The Morgan fingerprint density at radius 2 is 1.96 bits per heavy atom. The van der Waals surface area contributed by atoms with Crippen LogP contribution in [0.1, 0.15) is 16.1 Å². The van der Waals surface area contributed by atoms with Crippen LogP contribution in [0.4, 0.5) is 0 Å². The maximum Gasteiger partial charge on any atom is 0.253 e. The minimum Gasteiger partial charge on any atom is -0.494 e. The lowest BCUT2D eigenvalue weighted by molar-refractivity contribution is 0.0946. The molecule has 4 rings (SSSR count). The summed E-state index contributed by atoms with van der Waals surface area (Å²) in [7, 11) is 1.62. The molecule has 26 heavy (non-hydrogen) atoms. The summed E-state index contributed by atoms with van der Waals surface area (Å²) < 4.78 is 6.96. The van der Waals surface area contributed by atoms with Gasteiger partial charge in [-0.15, -0.1) is 0 Å². The van der Waals surface area contributed by atoms with Gasteiger partial charge in [0, 0.05) is 30.4 Å². The lowest BCUT2D eigenvalue weighted by Gasteiger charge is -2.11. The lowest BCUT2D eigenvalue weighted by Crippen LogP contribution is -2.31. The average molecular weight is 478 g/mol.